The molecule has 1 fully saturated rings. The van der Waals surface area contributed by atoms with Crippen molar-refractivity contribution in [2.24, 2.45) is 5.73 Å². The molecule has 2 aliphatic rings. The minimum Gasteiger partial charge on any atom is -0.465 e. The van der Waals surface area contributed by atoms with E-state index in [2.05, 4.69) is 16.0 Å². The summed E-state index contributed by atoms with van der Waals surface area (Å²) in [6, 6.07) is 3.75. The number of rotatable bonds is 2. The van der Waals surface area contributed by atoms with E-state index in [9.17, 15) is 14.9 Å². The molecule has 9 heteroatoms. The highest BCUT2D eigenvalue weighted by Crippen LogP contribution is 2.35. The summed E-state index contributed by atoms with van der Waals surface area (Å²) in [5.41, 5.74) is 9.24. The van der Waals surface area contributed by atoms with Gasteiger partial charge in [-0.25, -0.2) is 14.6 Å². The fourth-order valence-electron chi connectivity index (χ4n) is 4.34. The standard InChI is InChI=1S/C21H22N6O3/c22-9-16-17(13-3-6-26(7-4-13)21(29)30)11-24-12-18(16)15-8-14-2-1-5-27(20(23)28)19(14)25-10-15/h8,10-13H,1-7H2,(H2,23,28)(H,29,30). The maximum atomic E-state index is 11.7. The van der Waals surface area contributed by atoms with Gasteiger partial charge in [0.2, 0.25) is 0 Å². The average molecular weight is 406 g/mol. The van der Waals surface area contributed by atoms with Crippen LogP contribution in [0.3, 0.4) is 0 Å². The van der Waals surface area contributed by atoms with Gasteiger partial charge in [0.15, 0.2) is 0 Å². The SMILES string of the molecule is N#Cc1c(-c2cnc3c(c2)CCCN3C(N)=O)cncc1C1CCN(C(=O)O)CC1. The van der Waals surface area contributed by atoms with Gasteiger partial charge in [0.1, 0.15) is 11.9 Å². The van der Waals surface area contributed by atoms with Gasteiger partial charge in [-0.3, -0.25) is 9.88 Å². The first-order chi connectivity index (χ1) is 14.5. The van der Waals surface area contributed by atoms with Crippen LogP contribution in [0.1, 0.15) is 41.9 Å². The molecule has 0 aliphatic carbocycles. The van der Waals surface area contributed by atoms with Crippen molar-refractivity contribution in [3.8, 4) is 17.2 Å². The van der Waals surface area contributed by atoms with Crippen LogP contribution in [0, 0.1) is 11.3 Å². The summed E-state index contributed by atoms with van der Waals surface area (Å²) >= 11 is 0. The van der Waals surface area contributed by atoms with Gasteiger partial charge in [-0.1, -0.05) is 0 Å². The van der Waals surface area contributed by atoms with E-state index in [-0.39, 0.29) is 5.92 Å². The lowest BCUT2D eigenvalue weighted by Gasteiger charge is -2.30. The van der Waals surface area contributed by atoms with Crippen molar-refractivity contribution in [3.05, 3.63) is 41.3 Å². The number of nitrogens with zero attached hydrogens (tertiary/aromatic N) is 5. The van der Waals surface area contributed by atoms with Gasteiger partial charge in [0.25, 0.3) is 0 Å². The molecule has 9 nitrogen and oxygen atoms in total. The van der Waals surface area contributed by atoms with E-state index in [1.54, 1.807) is 18.6 Å². The van der Waals surface area contributed by atoms with Crippen LogP contribution in [0.4, 0.5) is 15.4 Å². The predicted octanol–water partition coefficient (Wildman–Crippen LogP) is 2.70. The molecule has 4 rings (SSSR count). The molecule has 4 heterocycles. The van der Waals surface area contributed by atoms with E-state index >= 15 is 0 Å². The number of likely N-dealkylation sites (tertiary alicyclic amines) is 1. The summed E-state index contributed by atoms with van der Waals surface area (Å²) in [4.78, 5) is 34.5. The number of anilines is 1. The van der Waals surface area contributed by atoms with Crippen molar-refractivity contribution in [3.63, 3.8) is 0 Å². The topological polar surface area (TPSA) is 136 Å². The number of carbonyl (C=O) groups excluding carboxylic acids is 1. The molecule has 0 spiro atoms. The van der Waals surface area contributed by atoms with Crippen molar-refractivity contribution < 1.29 is 14.7 Å². The van der Waals surface area contributed by atoms with Gasteiger partial charge in [0, 0.05) is 49.4 Å². The third-order valence-electron chi connectivity index (χ3n) is 5.90. The van der Waals surface area contributed by atoms with Crippen LogP contribution in [0.2, 0.25) is 0 Å². The van der Waals surface area contributed by atoms with E-state index in [1.807, 2.05) is 6.07 Å². The third-order valence-corrected chi connectivity index (χ3v) is 5.90. The van der Waals surface area contributed by atoms with Crippen LogP contribution in [-0.4, -0.2) is 51.7 Å². The van der Waals surface area contributed by atoms with Crippen molar-refractivity contribution in [2.75, 3.05) is 24.5 Å². The first kappa shape index (κ1) is 19.6. The number of aromatic nitrogens is 2. The lowest BCUT2D eigenvalue weighted by atomic mass is 9.85. The molecule has 2 aromatic rings. The fraction of sp³-hybridized carbons (Fsp3) is 0.381. The van der Waals surface area contributed by atoms with Crippen molar-refractivity contribution in [1.29, 1.82) is 5.26 Å². The van der Waals surface area contributed by atoms with Gasteiger partial charge in [-0.15, -0.1) is 0 Å². The van der Waals surface area contributed by atoms with Crippen LogP contribution >= 0.6 is 0 Å². The van der Waals surface area contributed by atoms with Gasteiger partial charge >= 0.3 is 12.1 Å². The Morgan fingerprint density at radius 1 is 1.20 bits per heavy atom. The number of hydrogen-bond donors (Lipinski definition) is 2. The Labute approximate surface area is 173 Å². The number of nitrogens with two attached hydrogens (primary N) is 1. The molecule has 0 bridgehead atoms. The number of urea groups is 1. The summed E-state index contributed by atoms with van der Waals surface area (Å²) in [6.07, 6.45) is 7.00. The number of piperidine rings is 1. The number of pyridine rings is 2. The summed E-state index contributed by atoms with van der Waals surface area (Å²) in [5, 5.41) is 19.1. The number of nitriles is 1. The first-order valence-electron chi connectivity index (χ1n) is 9.91. The fourth-order valence-corrected chi connectivity index (χ4v) is 4.34. The van der Waals surface area contributed by atoms with Crippen molar-refractivity contribution in [2.45, 2.75) is 31.6 Å². The van der Waals surface area contributed by atoms with Crippen LogP contribution < -0.4 is 10.6 Å². The summed E-state index contributed by atoms with van der Waals surface area (Å²) in [6.45, 7) is 1.43. The Balaban J connectivity index is 1.68. The quantitative estimate of drug-likeness (QED) is 0.787. The van der Waals surface area contributed by atoms with Crippen molar-refractivity contribution >= 4 is 17.9 Å². The number of aryl methyl sites for hydroxylation is 1. The molecule has 0 radical (unpaired) electrons. The molecule has 2 aromatic heterocycles. The van der Waals surface area contributed by atoms with Crippen LogP contribution in [-0.2, 0) is 6.42 Å². The smallest absolute Gasteiger partial charge is 0.407 e. The molecular formula is C21H22N6O3. The van der Waals surface area contributed by atoms with Gasteiger partial charge in [-0.05, 0) is 48.8 Å². The van der Waals surface area contributed by atoms with Crippen LogP contribution in [0.5, 0.6) is 0 Å². The van der Waals surface area contributed by atoms with Gasteiger partial charge in [0.05, 0.1) is 5.56 Å². The number of carbonyl (C=O) groups is 2. The molecule has 30 heavy (non-hydrogen) atoms. The zero-order valence-corrected chi connectivity index (χ0v) is 16.4. The molecule has 3 amide bonds. The molecule has 1 saturated heterocycles. The van der Waals surface area contributed by atoms with E-state index in [4.69, 9.17) is 10.8 Å². The number of carboxylic acid groups (broad SMARTS) is 1. The molecular weight excluding hydrogens is 384 g/mol. The van der Waals surface area contributed by atoms with E-state index < -0.39 is 12.1 Å². The monoisotopic (exact) mass is 406 g/mol. The molecule has 2 aliphatic heterocycles. The van der Waals surface area contributed by atoms with Gasteiger partial charge in [-0.2, -0.15) is 5.26 Å². The maximum Gasteiger partial charge on any atom is 0.407 e. The molecule has 154 valence electrons. The zero-order chi connectivity index (χ0) is 21.3. The van der Waals surface area contributed by atoms with Gasteiger partial charge < -0.3 is 15.7 Å². The number of primary amides is 1. The normalized spacial score (nSPS) is 16.6. The van der Waals surface area contributed by atoms with Crippen LogP contribution in [0.15, 0.2) is 24.7 Å². The maximum absolute atomic E-state index is 11.7. The van der Waals surface area contributed by atoms with E-state index in [0.717, 1.165) is 29.5 Å². The summed E-state index contributed by atoms with van der Waals surface area (Å²) < 4.78 is 0. The Bertz CT molecular complexity index is 1040. The second-order valence-electron chi connectivity index (χ2n) is 7.61. The number of hydrogen-bond acceptors (Lipinski definition) is 5. The molecule has 3 N–H and O–H groups in total. The first-order valence-corrected chi connectivity index (χ1v) is 9.91. The predicted molar refractivity (Wildman–Crippen MR) is 109 cm³/mol. The highest BCUT2D eigenvalue weighted by Gasteiger charge is 2.27. The number of fused-ring (bicyclic) bond motifs is 1. The van der Waals surface area contributed by atoms with E-state index in [0.29, 0.717) is 49.4 Å². The largest absolute Gasteiger partial charge is 0.465 e. The Morgan fingerprint density at radius 3 is 2.63 bits per heavy atom. The lowest BCUT2D eigenvalue weighted by Crippen LogP contribution is -2.40. The van der Waals surface area contributed by atoms with Crippen molar-refractivity contribution in [1.82, 2.24) is 14.9 Å². The summed E-state index contributed by atoms with van der Waals surface area (Å²) in [7, 11) is 0. The summed E-state index contributed by atoms with van der Waals surface area (Å²) in [5.74, 6) is 0.653. The minimum absolute atomic E-state index is 0.0821. The average Bonchev–Trinajstić information content (AvgIpc) is 2.77. The minimum atomic E-state index is -0.911. The molecule has 0 unspecified atom stereocenters. The molecule has 0 atom stereocenters. The zero-order valence-electron chi connectivity index (χ0n) is 16.4. The Morgan fingerprint density at radius 2 is 1.97 bits per heavy atom. The second kappa shape index (κ2) is 7.99. The Kier molecular flexibility index (Phi) is 5.23. The lowest BCUT2D eigenvalue weighted by molar-refractivity contribution is 0.132. The van der Waals surface area contributed by atoms with E-state index in [1.165, 1.54) is 9.80 Å². The highest BCUT2D eigenvalue weighted by atomic mass is 16.4. The third kappa shape index (κ3) is 3.52. The van der Waals surface area contributed by atoms with Crippen LogP contribution in [0.25, 0.3) is 11.1 Å². The second-order valence-corrected chi connectivity index (χ2v) is 7.61. The molecule has 0 aromatic carbocycles. The Hall–Kier alpha value is -3.67. The molecule has 0 saturated carbocycles. The number of amides is 3. The highest BCUT2D eigenvalue weighted by molar-refractivity contribution is 5.91.